The smallest absolute Gasteiger partial charge is 0.280 e. The number of aromatic nitrogens is 2. The zero-order valence-electron chi connectivity index (χ0n) is 14.2. The summed E-state index contributed by atoms with van der Waals surface area (Å²) in [4.78, 5) is 12.5. The second-order valence-electron chi connectivity index (χ2n) is 6.10. The number of carbonyl (C=O) groups excluding carboxylic acids is 1. The third-order valence-electron chi connectivity index (χ3n) is 4.30. The van der Waals surface area contributed by atoms with Crippen molar-refractivity contribution < 1.29 is 13.2 Å². The highest BCUT2D eigenvalue weighted by atomic mass is 32.2. The van der Waals surface area contributed by atoms with Crippen molar-refractivity contribution in [3.63, 3.8) is 0 Å². The molecule has 9 heteroatoms. The summed E-state index contributed by atoms with van der Waals surface area (Å²) in [6, 6.07) is -1.19. The van der Waals surface area contributed by atoms with Gasteiger partial charge >= 0.3 is 0 Å². The van der Waals surface area contributed by atoms with Crippen LogP contribution < -0.4 is 10.0 Å². The van der Waals surface area contributed by atoms with Gasteiger partial charge in [-0.25, -0.2) is 0 Å². The predicted octanol–water partition coefficient (Wildman–Crippen LogP) is 0.223. The van der Waals surface area contributed by atoms with Gasteiger partial charge in [0.1, 0.15) is 6.04 Å². The van der Waals surface area contributed by atoms with E-state index in [0.29, 0.717) is 6.42 Å². The number of likely N-dealkylation sites (N-methyl/N-ethyl adjacent to an activating group) is 1. The van der Waals surface area contributed by atoms with Gasteiger partial charge in [0.05, 0.1) is 11.7 Å². The van der Waals surface area contributed by atoms with Crippen molar-refractivity contribution in [1.82, 2.24) is 24.1 Å². The average molecular weight is 343 g/mol. The lowest BCUT2D eigenvalue weighted by Crippen LogP contribution is -2.58. The van der Waals surface area contributed by atoms with Crippen LogP contribution in [0.3, 0.4) is 0 Å². The fraction of sp³-hybridized carbons (Fsp3) is 0.714. The summed E-state index contributed by atoms with van der Waals surface area (Å²) in [5, 5.41) is 7.12. The lowest BCUT2D eigenvalue weighted by atomic mass is 10.00. The van der Waals surface area contributed by atoms with Gasteiger partial charge in [0.15, 0.2) is 0 Å². The summed E-state index contributed by atoms with van der Waals surface area (Å²) in [6.45, 7) is 5.70. The van der Waals surface area contributed by atoms with Crippen molar-refractivity contribution in [3.05, 3.63) is 17.5 Å². The van der Waals surface area contributed by atoms with Gasteiger partial charge in [0.2, 0.25) is 5.91 Å². The number of carbonyl (C=O) groups is 1. The summed E-state index contributed by atoms with van der Waals surface area (Å²) in [6.07, 6.45) is 2.94. The molecule has 0 bridgehead atoms. The van der Waals surface area contributed by atoms with Crippen LogP contribution in [0.15, 0.2) is 6.20 Å². The second-order valence-corrected chi connectivity index (χ2v) is 7.87. The number of hydrogen-bond donors (Lipinski definition) is 2. The molecule has 1 aromatic heterocycles. The Labute approximate surface area is 137 Å². The van der Waals surface area contributed by atoms with Gasteiger partial charge in [-0.2, -0.15) is 22.5 Å². The van der Waals surface area contributed by atoms with Crippen LogP contribution in [-0.2, 0) is 22.1 Å². The third kappa shape index (κ3) is 3.73. The van der Waals surface area contributed by atoms with Gasteiger partial charge in [-0.15, -0.1) is 0 Å². The fourth-order valence-electron chi connectivity index (χ4n) is 2.71. The van der Waals surface area contributed by atoms with Crippen LogP contribution in [0.4, 0.5) is 0 Å². The number of nitrogens with zero attached hydrogens (tertiary/aromatic N) is 3. The van der Waals surface area contributed by atoms with Crippen LogP contribution in [-0.4, -0.2) is 47.5 Å². The first-order chi connectivity index (χ1) is 10.7. The maximum atomic E-state index is 12.5. The van der Waals surface area contributed by atoms with Crippen LogP contribution in [0.5, 0.6) is 0 Å². The summed E-state index contributed by atoms with van der Waals surface area (Å²) in [5.41, 5.74) is 1.55. The third-order valence-corrected chi connectivity index (χ3v) is 5.89. The van der Waals surface area contributed by atoms with Gasteiger partial charge in [0, 0.05) is 31.9 Å². The van der Waals surface area contributed by atoms with E-state index in [-0.39, 0.29) is 11.9 Å². The summed E-state index contributed by atoms with van der Waals surface area (Å²) in [5.74, 6) is -0.265. The SMILES string of the molecule is CC[C@@H](C)NC(=O)[C@@H]1C[C@H](c2cn(C)nc2C)NS(=O)(=O)N1C. The van der Waals surface area contributed by atoms with Crippen LogP contribution in [0.2, 0.25) is 0 Å². The molecule has 1 saturated heterocycles. The van der Waals surface area contributed by atoms with Crippen LogP contribution in [0.25, 0.3) is 0 Å². The standard InChI is InChI=1S/C14H25N5O3S/c1-6-9(2)15-14(20)13-7-12(17-23(21,22)19(13)5)11-8-18(4)16-10(11)3/h8-9,12-13,17H,6-7H2,1-5H3,(H,15,20)/t9-,12-,13+/m1/s1. The molecule has 23 heavy (non-hydrogen) atoms. The minimum Gasteiger partial charge on any atom is -0.352 e. The molecule has 3 atom stereocenters. The Bertz CT molecular complexity index is 685. The Morgan fingerprint density at radius 2 is 2.17 bits per heavy atom. The molecule has 1 fully saturated rings. The van der Waals surface area contributed by atoms with E-state index < -0.39 is 22.3 Å². The van der Waals surface area contributed by atoms with E-state index in [4.69, 9.17) is 0 Å². The summed E-state index contributed by atoms with van der Waals surface area (Å²) >= 11 is 0. The van der Waals surface area contributed by atoms with E-state index in [1.54, 1.807) is 17.9 Å². The van der Waals surface area contributed by atoms with Gasteiger partial charge < -0.3 is 5.32 Å². The van der Waals surface area contributed by atoms with E-state index in [9.17, 15) is 13.2 Å². The van der Waals surface area contributed by atoms with Crippen molar-refractivity contribution in [2.75, 3.05) is 7.05 Å². The highest BCUT2D eigenvalue weighted by Crippen LogP contribution is 2.29. The largest absolute Gasteiger partial charge is 0.352 e. The topological polar surface area (TPSA) is 96.3 Å². The van der Waals surface area contributed by atoms with E-state index in [0.717, 1.165) is 22.0 Å². The molecule has 8 nitrogen and oxygen atoms in total. The maximum Gasteiger partial charge on any atom is 0.280 e. The second kappa shape index (κ2) is 6.58. The molecule has 0 spiro atoms. The minimum absolute atomic E-state index is 0.00654. The van der Waals surface area contributed by atoms with Crippen LogP contribution >= 0.6 is 0 Å². The zero-order valence-corrected chi connectivity index (χ0v) is 15.0. The molecule has 1 aliphatic heterocycles. The molecule has 1 amide bonds. The molecule has 130 valence electrons. The molecule has 1 aromatic rings. The Kier molecular flexibility index (Phi) is 5.12. The van der Waals surface area contributed by atoms with Crippen molar-refractivity contribution in [2.24, 2.45) is 7.05 Å². The number of rotatable bonds is 4. The zero-order chi connectivity index (χ0) is 17.4. The quantitative estimate of drug-likeness (QED) is 0.817. The highest BCUT2D eigenvalue weighted by Gasteiger charge is 2.41. The van der Waals surface area contributed by atoms with Crippen LogP contribution in [0.1, 0.15) is 44.0 Å². The van der Waals surface area contributed by atoms with Gasteiger partial charge in [-0.3, -0.25) is 9.48 Å². The molecule has 2 heterocycles. The molecule has 0 aliphatic carbocycles. The van der Waals surface area contributed by atoms with Crippen LogP contribution in [0, 0.1) is 6.92 Å². The Morgan fingerprint density at radius 3 is 2.70 bits per heavy atom. The monoisotopic (exact) mass is 343 g/mol. The van der Waals surface area contributed by atoms with Gasteiger partial charge in [-0.05, 0) is 26.7 Å². The maximum absolute atomic E-state index is 12.5. The molecule has 2 N–H and O–H groups in total. The molecule has 0 unspecified atom stereocenters. The van der Waals surface area contributed by atoms with Crippen molar-refractivity contribution in [1.29, 1.82) is 0 Å². The summed E-state index contributed by atoms with van der Waals surface area (Å²) < 4.78 is 30.1. The Morgan fingerprint density at radius 1 is 1.52 bits per heavy atom. The number of amides is 1. The lowest BCUT2D eigenvalue weighted by molar-refractivity contribution is -0.125. The minimum atomic E-state index is -3.72. The summed E-state index contributed by atoms with van der Waals surface area (Å²) in [7, 11) is -0.507. The van der Waals surface area contributed by atoms with E-state index in [1.165, 1.54) is 7.05 Å². The van der Waals surface area contributed by atoms with Gasteiger partial charge in [-0.1, -0.05) is 6.92 Å². The molecular weight excluding hydrogens is 318 g/mol. The molecule has 2 rings (SSSR count). The fourth-order valence-corrected chi connectivity index (χ4v) is 3.98. The Hall–Kier alpha value is -1.45. The molecule has 0 aromatic carbocycles. The molecule has 0 saturated carbocycles. The normalized spacial score (nSPS) is 26.0. The molecule has 0 radical (unpaired) electrons. The lowest BCUT2D eigenvalue weighted by Gasteiger charge is -2.36. The first-order valence-corrected chi connectivity index (χ1v) is 9.15. The van der Waals surface area contributed by atoms with E-state index >= 15 is 0 Å². The molecular formula is C14H25N5O3S. The molecule has 1 aliphatic rings. The first kappa shape index (κ1) is 17.9. The highest BCUT2D eigenvalue weighted by molar-refractivity contribution is 7.87. The van der Waals surface area contributed by atoms with Gasteiger partial charge in [0.25, 0.3) is 10.2 Å². The van der Waals surface area contributed by atoms with Crippen molar-refractivity contribution in [2.45, 2.75) is 51.7 Å². The van der Waals surface area contributed by atoms with E-state index in [1.807, 2.05) is 20.8 Å². The number of hydrogen-bond acceptors (Lipinski definition) is 4. The van der Waals surface area contributed by atoms with Crippen molar-refractivity contribution >= 4 is 16.1 Å². The predicted molar refractivity (Wildman–Crippen MR) is 86.8 cm³/mol. The first-order valence-electron chi connectivity index (χ1n) is 7.71. The average Bonchev–Trinajstić information content (AvgIpc) is 2.80. The Balaban J connectivity index is 2.28. The number of nitrogens with one attached hydrogen (secondary N) is 2. The number of aryl methyl sites for hydroxylation is 2. The van der Waals surface area contributed by atoms with Crippen molar-refractivity contribution in [3.8, 4) is 0 Å². The van der Waals surface area contributed by atoms with E-state index in [2.05, 4.69) is 15.1 Å².